The van der Waals surface area contributed by atoms with Crippen molar-refractivity contribution >= 4 is 28.1 Å². The normalized spacial score (nSPS) is 10.6. The van der Waals surface area contributed by atoms with Gasteiger partial charge in [-0.2, -0.15) is 5.10 Å². The summed E-state index contributed by atoms with van der Waals surface area (Å²) in [5, 5.41) is 3.82. The van der Waals surface area contributed by atoms with Crippen LogP contribution in [0.3, 0.4) is 0 Å². The Hall–Kier alpha value is -2.01. The lowest BCUT2D eigenvalue weighted by atomic mass is 10.2. The molecule has 0 saturated carbocycles. The molecule has 2 aromatic rings. The molecule has 0 spiro atoms. The van der Waals surface area contributed by atoms with Gasteiger partial charge in [0.15, 0.2) is 0 Å². The molecule has 2 rings (SSSR count). The topological polar surface area (TPSA) is 41.5 Å². The van der Waals surface area contributed by atoms with Crippen molar-refractivity contribution in [3.05, 3.63) is 69.9 Å². The fourth-order valence-electron chi connectivity index (χ4n) is 1.41. The third-order valence-corrected chi connectivity index (χ3v) is 2.97. The highest BCUT2D eigenvalue weighted by Crippen LogP contribution is 2.15. The van der Waals surface area contributed by atoms with Crippen molar-refractivity contribution in [2.45, 2.75) is 0 Å². The van der Waals surface area contributed by atoms with Gasteiger partial charge in [0.05, 0.1) is 10.7 Å². The zero-order valence-corrected chi connectivity index (χ0v) is 11.4. The summed E-state index contributed by atoms with van der Waals surface area (Å²) >= 11 is 3.08. The Bertz CT molecular complexity index is 614. The Morgan fingerprint density at radius 3 is 2.63 bits per heavy atom. The number of hydrogen-bond donors (Lipinski definition) is 1. The van der Waals surface area contributed by atoms with E-state index in [9.17, 15) is 9.18 Å². The minimum atomic E-state index is -0.342. The van der Waals surface area contributed by atoms with Crippen molar-refractivity contribution in [1.29, 1.82) is 0 Å². The van der Waals surface area contributed by atoms with E-state index in [1.165, 1.54) is 12.3 Å². The first kappa shape index (κ1) is 13.4. The Morgan fingerprint density at radius 1 is 1.21 bits per heavy atom. The molecule has 2 aromatic carbocycles. The molecule has 19 heavy (non-hydrogen) atoms. The van der Waals surface area contributed by atoms with E-state index in [0.717, 1.165) is 0 Å². The van der Waals surface area contributed by atoms with Gasteiger partial charge >= 0.3 is 0 Å². The van der Waals surface area contributed by atoms with Crippen molar-refractivity contribution in [1.82, 2.24) is 5.43 Å². The highest BCUT2D eigenvalue weighted by atomic mass is 79.9. The van der Waals surface area contributed by atoms with Crippen molar-refractivity contribution in [2.24, 2.45) is 5.10 Å². The number of nitrogens with one attached hydrogen (secondary N) is 1. The van der Waals surface area contributed by atoms with E-state index in [2.05, 4.69) is 26.5 Å². The molecule has 0 aliphatic rings. The standard InChI is InChI=1S/C14H10BrFN2O/c15-12-8-10(6-7-13(12)16)9-17-18-14(19)11-4-2-1-3-5-11/h1-9H,(H,18,19). The molecule has 96 valence electrons. The summed E-state index contributed by atoms with van der Waals surface area (Å²) in [6.07, 6.45) is 1.45. The fourth-order valence-corrected chi connectivity index (χ4v) is 1.81. The van der Waals surface area contributed by atoms with Crippen LogP contribution in [-0.2, 0) is 0 Å². The third kappa shape index (κ3) is 3.72. The van der Waals surface area contributed by atoms with Gasteiger partial charge in [-0.3, -0.25) is 4.79 Å². The minimum Gasteiger partial charge on any atom is -0.267 e. The quantitative estimate of drug-likeness (QED) is 0.684. The van der Waals surface area contributed by atoms with Crippen LogP contribution in [0.2, 0.25) is 0 Å². The molecular weight excluding hydrogens is 311 g/mol. The third-order valence-electron chi connectivity index (χ3n) is 2.36. The van der Waals surface area contributed by atoms with Crippen LogP contribution in [-0.4, -0.2) is 12.1 Å². The van der Waals surface area contributed by atoms with Crippen molar-refractivity contribution in [2.75, 3.05) is 0 Å². The summed E-state index contributed by atoms with van der Waals surface area (Å²) < 4.78 is 13.4. The largest absolute Gasteiger partial charge is 0.271 e. The Kier molecular flexibility index (Phi) is 4.41. The van der Waals surface area contributed by atoms with Gasteiger partial charge in [-0.1, -0.05) is 24.3 Å². The van der Waals surface area contributed by atoms with Gasteiger partial charge in [0.2, 0.25) is 0 Å². The Balaban J connectivity index is 2.00. The lowest BCUT2D eigenvalue weighted by Crippen LogP contribution is -2.17. The molecule has 0 heterocycles. The molecule has 0 saturated heterocycles. The predicted octanol–water partition coefficient (Wildman–Crippen LogP) is 3.35. The molecule has 5 heteroatoms. The maximum atomic E-state index is 13.0. The van der Waals surface area contributed by atoms with E-state index in [-0.39, 0.29) is 11.7 Å². The molecular formula is C14H10BrFN2O. The van der Waals surface area contributed by atoms with Crippen LogP contribution in [0.15, 0.2) is 58.1 Å². The molecule has 0 aliphatic heterocycles. The van der Waals surface area contributed by atoms with E-state index >= 15 is 0 Å². The summed E-state index contributed by atoms with van der Waals surface area (Å²) in [5.41, 5.74) is 3.61. The number of nitrogens with zero attached hydrogens (tertiary/aromatic N) is 1. The molecule has 0 unspecified atom stereocenters. The summed E-state index contributed by atoms with van der Waals surface area (Å²) in [6, 6.07) is 13.2. The maximum Gasteiger partial charge on any atom is 0.271 e. The molecule has 1 amide bonds. The number of carbonyl (C=O) groups excluding carboxylic acids is 1. The Labute approximate surface area is 118 Å². The van der Waals surface area contributed by atoms with Gasteiger partial charge in [-0.15, -0.1) is 0 Å². The van der Waals surface area contributed by atoms with E-state index in [1.54, 1.807) is 36.4 Å². The second-order valence-electron chi connectivity index (χ2n) is 3.74. The zero-order valence-electron chi connectivity index (χ0n) is 9.81. The second kappa shape index (κ2) is 6.24. The van der Waals surface area contributed by atoms with Crippen LogP contribution in [0, 0.1) is 5.82 Å². The summed E-state index contributed by atoms with van der Waals surface area (Å²) in [5.74, 6) is -0.636. The molecule has 0 fully saturated rings. The Morgan fingerprint density at radius 2 is 1.95 bits per heavy atom. The summed E-state index contributed by atoms with van der Waals surface area (Å²) in [4.78, 5) is 11.7. The molecule has 0 aromatic heterocycles. The van der Waals surface area contributed by atoms with E-state index in [1.807, 2.05) is 6.07 Å². The average molecular weight is 321 g/mol. The molecule has 0 radical (unpaired) electrons. The lowest BCUT2D eigenvalue weighted by Gasteiger charge is -1.99. The monoisotopic (exact) mass is 320 g/mol. The molecule has 3 nitrogen and oxygen atoms in total. The van der Waals surface area contributed by atoms with Gasteiger partial charge in [-0.25, -0.2) is 9.82 Å². The maximum absolute atomic E-state index is 13.0. The first-order chi connectivity index (χ1) is 9.16. The highest BCUT2D eigenvalue weighted by molar-refractivity contribution is 9.10. The second-order valence-corrected chi connectivity index (χ2v) is 4.59. The number of rotatable bonds is 3. The highest BCUT2D eigenvalue weighted by Gasteiger charge is 2.02. The first-order valence-corrected chi connectivity index (χ1v) is 6.29. The number of amides is 1. The van der Waals surface area contributed by atoms with E-state index in [4.69, 9.17) is 0 Å². The average Bonchev–Trinajstić information content (AvgIpc) is 2.43. The van der Waals surface area contributed by atoms with Crippen LogP contribution in [0.4, 0.5) is 4.39 Å². The van der Waals surface area contributed by atoms with Crippen LogP contribution in [0.25, 0.3) is 0 Å². The number of hydrazone groups is 1. The van der Waals surface area contributed by atoms with Crippen LogP contribution in [0.5, 0.6) is 0 Å². The number of carbonyl (C=O) groups is 1. The smallest absolute Gasteiger partial charge is 0.267 e. The van der Waals surface area contributed by atoms with Crippen molar-refractivity contribution in [3.8, 4) is 0 Å². The van der Waals surface area contributed by atoms with Crippen LogP contribution < -0.4 is 5.43 Å². The minimum absolute atomic E-state index is 0.293. The molecule has 0 bridgehead atoms. The predicted molar refractivity (Wildman–Crippen MR) is 75.6 cm³/mol. The SMILES string of the molecule is O=C(NN=Cc1ccc(F)c(Br)c1)c1ccccc1. The molecule has 0 aliphatic carbocycles. The molecule has 0 atom stereocenters. The number of benzene rings is 2. The van der Waals surface area contributed by atoms with Gasteiger partial charge in [0.1, 0.15) is 5.82 Å². The van der Waals surface area contributed by atoms with Gasteiger partial charge in [-0.05, 0) is 45.8 Å². The summed E-state index contributed by atoms with van der Waals surface area (Å²) in [6.45, 7) is 0. The van der Waals surface area contributed by atoms with Crippen molar-refractivity contribution < 1.29 is 9.18 Å². The number of halogens is 2. The summed E-state index contributed by atoms with van der Waals surface area (Å²) in [7, 11) is 0. The number of hydrogen-bond acceptors (Lipinski definition) is 2. The molecule has 1 N–H and O–H groups in total. The van der Waals surface area contributed by atoms with Crippen molar-refractivity contribution in [3.63, 3.8) is 0 Å². The lowest BCUT2D eigenvalue weighted by molar-refractivity contribution is 0.0955. The van der Waals surface area contributed by atoms with Gasteiger partial charge in [0, 0.05) is 5.56 Å². The van der Waals surface area contributed by atoms with Crippen LogP contribution in [0.1, 0.15) is 15.9 Å². The van der Waals surface area contributed by atoms with Crippen LogP contribution >= 0.6 is 15.9 Å². The zero-order chi connectivity index (χ0) is 13.7. The van der Waals surface area contributed by atoms with Gasteiger partial charge in [0.25, 0.3) is 5.91 Å². The first-order valence-electron chi connectivity index (χ1n) is 5.50. The fraction of sp³-hybridized carbons (Fsp3) is 0. The van der Waals surface area contributed by atoms with E-state index < -0.39 is 0 Å². The van der Waals surface area contributed by atoms with Gasteiger partial charge < -0.3 is 0 Å². The van der Waals surface area contributed by atoms with E-state index in [0.29, 0.717) is 15.6 Å².